The molecule has 1 unspecified atom stereocenters. The van der Waals surface area contributed by atoms with E-state index >= 15 is 0 Å². The van der Waals surface area contributed by atoms with Crippen molar-refractivity contribution < 1.29 is 0 Å². The Morgan fingerprint density at radius 2 is 2.18 bits per heavy atom. The number of hydrogen-bond acceptors (Lipinski definition) is 3. The first-order valence-electron chi connectivity index (χ1n) is 6.88. The molecule has 2 nitrogen and oxygen atoms in total. The van der Waals surface area contributed by atoms with Crippen molar-refractivity contribution in [2.24, 2.45) is 11.8 Å². The Morgan fingerprint density at radius 1 is 1.41 bits per heavy atom. The minimum absolute atomic E-state index is 0.414. The molecule has 0 saturated heterocycles. The van der Waals surface area contributed by atoms with Crippen molar-refractivity contribution in [2.45, 2.75) is 52.0 Å². The van der Waals surface area contributed by atoms with Gasteiger partial charge in [-0.25, -0.2) is 4.98 Å². The summed E-state index contributed by atoms with van der Waals surface area (Å²) < 4.78 is 0. The number of nitrogens with zero attached hydrogens (tertiary/aromatic N) is 1. The van der Waals surface area contributed by atoms with Gasteiger partial charge in [0, 0.05) is 11.6 Å². The molecule has 3 heteroatoms. The fourth-order valence-corrected chi connectivity index (χ4v) is 3.33. The summed E-state index contributed by atoms with van der Waals surface area (Å²) in [4.78, 5) is 4.35. The molecular formula is C14H24N2S. The molecule has 1 aliphatic carbocycles. The summed E-state index contributed by atoms with van der Waals surface area (Å²) in [5, 5.41) is 6.85. The van der Waals surface area contributed by atoms with Crippen molar-refractivity contribution in [3.05, 3.63) is 16.6 Å². The molecule has 0 bridgehead atoms. The van der Waals surface area contributed by atoms with Gasteiger partial charge in [0.25, 0.3) is 0 Å². The molecular weight excluding hydrogens is 228 g/mol. The van der Waals surface area contributed by atoms with E-state index in [0.717, 1.165) is 18.4 Å². The Balaban J connectivity index is 1.63. The van der Waals surface area contributed by atoms with E-state index in [-0.39, 0.29) is 0 Å². The third kappa shape index (κ3) is 4.07. The molecule has 0 spiro atoms. The number of hydrogen-bond donors (Lipinski definition) is 1. The van der Waals surface area contributed by atoms with Crippen LogP contribution >= 0.6 is 11.3 Å². The fourth-order valence-electron chi connectivity index (χ4n) is 2.66. The molecule has 1 N–H and O–H groups in total. The lowest BCUT2D eigenvalue weighted by molar-refractivity contribution is 0.273. The van der Waals surface area contributed by atoms with Crippen LogP contribution < -0.4 is 5.32 Å². The van der Waals surface area contributed by atoms with Crippen molar-refractivity contribution in [1.29, 1.82) is 0 Å². The summed E-state index contributed by atoms with van der Waals surface area (Å²) in [6.45, 7) is 5.74. The van der Waals surface area contributed by atoms with Crippen LogP contribution in [0.1, 0.15) is 57.0 Å². The van der Waals surface area contributed by atoms with E-state index in [9.17, 15) is 0 Å². The zero-order valence-electron chi connectivity index (χ0n) is 11.0. The molecule has 1 aromatic rings. The van der Waals surface area contributed by atoms with Gasteiger partial charge in [0.15, 0.2) is 0 Å². The smallest absolute Gasteiger partial charge is 0.109 e. The van der Waals surface area contributed by atoms with Gasteiger partial charge in [0.1, 0.15) is 5.01 Å². The minimum Gasteiger partial charge on any atom is -0.308 e. The Hall–Kier alpha value is -0.410. The zero-order chi connectivity index (χ0) is 12.1. The lowest BCUT2D eigenvalue weighted by atomic mass is 9.81. The van der Waals surface area contributed by atoms with Gasteiger partial charge in [-0.3, -0.25) is 0 Å². The van der Waals surface area contributed by atoms with Gasteiger partial charge in [0.05, 0.1) is 6.04 Å². The van der Waals surface area contributed by atoms with Gasteiger partial charge in [-0.05, 0) is 31.7 Å². The Bertz CT molecular complexity index is 302. The molecule has 0 aromatic carbocycles. The number of thiazole rings is 1. The molecule has 1 heterocycles. The van der Waals surface area contributed by atoms with Crippen molar-refractivity contribution in [3.8, 4) is 0 Å². The maximum Gasteiger partial charge on any atom is 0.109 e. The highest BCUT2D eigenvalue weighted by Crippen LogP contribution is 2.30. The molecule has 1 aromatic heterocycles. The van der Waals surface area contributed by atoms with Crippen LogP contribution in [0.3, 0.4) is 0 Å². The van der Waals surface area contributed by atoms with Gasteiger partial charge >= 0.3 is 0 Å². The summed E-state index contributed by atoms with van der Waals surface area (Å²) in [6.07, 6.45) is 8.98. The molecule has 1 aliphatic rings. The first kappa shape index (κ1) is 13.0. The van der Waals surface area contributed by atoms with Crippen LogP contribution in [0.5, 0.6) is 0 Å². The molecule has 17 heavy (non-hydrogen) atoms. The molecule has 0 radical (unpaired) electrons. The quantitative estimate of drug-likeness (QED) is 0.856. The van der Waals surface area contributed by atoms with Crippen LogP contribution in [0.4, 0.5) is 0 Å². The molecule has 2 rings (SSSR count). The topological polar surface area (TPSA) is 24.9 Å². The largest absolute Gasteiger partial charge is 0.308 e. The van der Waals surface area contributed by atoms with E-state index in [2.05, 4.69) is 29.5 Å². The maximum atomic E-state index is 4.35. The van der Waals surface area contributed by atoms with E-state index < -0.39 is 0 Å². The molecule has 1 saturated carbocycles. The SMILES string of the molecule is CC1CCC(CCNC(C)c2nccs2)CC1. The van der Waals surface area contributed by atoms with Crippen molar-refractivity contribution in [2.75, 3.05) is 6.54 Å². The molecule has 1 fully saturated rings. The predicted molar refractivity (Wildman–Crippen MR) is 74.3 cm³/mol. The second-order valence-electron chi connectivity index (χ2n) is 5.46. The van der Waals surface area contributed by atoms with Crippen LogP contribution in [0.2, 0.25) is 0 Å². The lowest BCUT2D eigenvalue weighted by Crippen LogP contribution is -2.23. The van der Waals surface area contributed by atoms with Crippen LogP contribution in [0, 0.1) is 11.8 Å². The van der Waals surface area contributed by atoms with Gasteiger partial charge < -0.3 is 5.32 Å². The summed E-state index contributed by atoms with van der Waals surface area (Å²) in [7, 11) is 0. The molecule has 96 valence electrons. The monoisotopic (exact) mass is 252 g/mol. The van der Waals surface area contributed by atoms with Gasteiger partial charge in [-0.15, -0.1) is 11.3 Å². The van der Waals surface area contributed by atoms with Crippen LogP contribution in [0.25, 0.3) is 0 Å². The Labute approximate surface area is 109 Å². The van der Waals surface area contributed by atoms with Gasteiger partial charge in [0.2, 0.25) is 0 Å². The average molecular weight is 252 g/mol. The minimum atomic E-state index is 0.414. The van der Waals surface area contributed by atoms with E-state index in [0.29, 0.717) is 6.04 Å². The average Bonchev–Trinajstić information content (AvgIpc) is 2.85. The highest BCUT2D eigenvalue weighted by Gasteiger charge is 2.18. The number of nitrogens with one attached hydrogen (secondary N) is 1. The first-order chi connectivity index (χ1) is 8.25. The number of aromatic nitrogens is 1. The lowest BCUT2D eigenvalue weighted by Gasteiger charge is -2.26. The standard InChI is InChI=1S/C14H24N2S/c1-11-3-5-13(6-4-11)7-8-15-12(2)14-16-9-10-17-14/h9-13,15H,3-8H2,1-2H3. The van der Waals surface area contributed by atoms with E-state index in [4.69, 9.17) is 0 Å². The third-order valence-corrected chi connectivity index (χ3v) is 4.92. The highest BCUT2D eigenvalue weighted by molar-refractivity contribution is 7.09. The van der Waals surface area contributed by atoms with Gasteiger partial charge in [-0.2, -0.15) is 0 Å². The van der Waals surface area contributed by atoms with E-state index in [1.807, 2.05) is 6.20 Å². The summed E-state index contributed by atoms with van der Waals surface area (Å²) in [5.74, 6) is 1.93. The second kappa shape index (κ2) is 6.50. The highest BCUT2D eigenvalue weighted by atomic mass is 32.1. The van der Waals surface area contributed by atoms with Gasteiger partial charge in [-0.1, -0.05) is 32.6 Å². The van der Waals surface area contributed by atoms with Crippen LogP contribution in [-0.2, 0) is 0 Å². The zero-order valence-corrected chi connectivity index (χ0v) is 11.8. The molecule has 0 amide bonds. The summed E-state index contributed by atoms with van der Waals surface area (Å²) in [5.41, 5.74) is 0. The molecule has 1 atom stereocenters. The van der Waals surface area contributed by atoms with Crippen molar-refractivity contribution in [3.63, 3.8) is 0 Å². The van der Waals surface area contributed by atoms with E-state index in [1.54, 1.807) is 11.3 Å². The Kier molecular flexibility index (Phi) is 4.99. The van der Waals surface area contributed by atoms with Crippen LogP contribution in [-0.4, -0.2) is 11.5 Å². The summed E-state index contributed by atoms with van der Waals surface area (Å²) in [6, 6.07) is 0.414. The fraction of sp³-hybridized carbons (Fsp3) is 0.786. The third-order valence-electron chi connectivity index (χ3n) is 3.96. The predicted octanol–water partition coefficient (Wildman–Crippen LogP) is 4.01. The Morgan fingerprint density at radius 3 is 2.82 bits per heavy atom. The van der Waals surface area contributed by atoms with Crippen LogP contribution in [0.15, 0.2) is 11.6 Å². The first-order valence-corrected chi connectivity index (χ1v) is 7.76. The van der Waals surface area contributed by atoms with Crippen molar-refractivity contribution >= 4 is 11.3 Å². The molecule has 0 aliphatic heterocycles. The normalized spacial score (nSPS) is 26.9. The second-order valence-corrected chi connectivity index (χ2v) is 6.39. The van der Waals surface area contributed by atoms with Crippen molar-refractivity contribution in [1.82, 2.24) is 10.3 Å². The maximum absolute atomic E-state index is 4.35. The number of rotatable bonds is 5. The summed E-state index contributed by atoms with van der Waals surface area (Å²) >= 11 is 1.74. The van der Waals surface area contributed by atoms with E-state index in [1.165, 1.54) is 37.1 Å².